The predicted octanol–water partition coefficient (Wildman–Crippen LogP) is 3.54. The molecular weight excluding hydrogens is 289 g/mol. The number of hydrogen-bond acceptors (Lipinski definition) is 3. The molecule has 0 radical (unpaired) electrons. The van der Waals surface area contributed by atoms with E-state index in [4.69, 9.17) is 0 Å². The Morgan fingerprint density at radius 3 is 2.60 bits per heavy atom. The van der Waals surface area contributed by atoms with Crippen LogP contribution in [0.4, 0.5) is 13.2 Å². The lowest BCUT2D eigenvalue weighted by molar-refractivity contribution is -0.137. The van der Waals surface area contributed by atoms with Gasteiger partial charge in [0.05, 0.1) is 5.56 Å². The van der Waals surface area contributed by atoms with Crippen LogP contribution >= 0.6 is 11.8 Å². The average molecular weight is 300 g/mol. The molecule has 0 heterocycles. The van der Waals surface area contributed by atoms with Crippen molar-refractivity contribution in [2.24, 2.45) is 0 Å². The normalized spacial score (nSPS) is 10.6. The fourth-order valence-corrected chi connectivity index (χ4v) is 1.86. The highest BCUT2D eigenvalue weighted by atomic mass is 32.2. The lowest BCUT2D eigenvalue weighted by atomic mass is 10.1. The van der Waals surface area contributed by atoms with Gasteiger partial charge >= 0.3 is 6.18 Å². The second-order valence-corrected chi connectivity index (χ2v) is 5.12. The van der Waals surface area contributed by atoms with E-state index in [1.807, 2.05) is 0 Å². The molecule has 2 nitrogen and oxygen atoms in total. The van der Waals surface area contributed by atoms with Gasteiger partial charge in [-0.3, -0.25) is 9.59 Å². The van der Waals surface area contributed by atoms with Gasteiger partial charge in [-0.15, -0.1) is 0 Å². The summed E-state index contributed by atoms with van der Waals surface area (Å²) in [5.74, 6) is 5.74. The SMILES string of the molecule is CC(=O)SCCC#Cc1cc(C=O)cc(C(F)(F)F)c1. The monoisotopic (exact) mass is 300 g/mol. The Hall–Kier alpha value is -1.74. The molecular formula is C14H11F3O2S. The number of carbonyl (C=O) groups excluding carboxylic acids is 2. The molecule has 0 saturated heterocycles. The lowest BCUT2D eigenvalue weighted by Gasteiger charge is -2.07. The second kappa shape index (κ2) is 7.15. The molecule has 0 spiro atoms. The fraction of sp³-hybridized carbons (Fsp3) is 0.286. The zero-order chi connectivity index (χ0) is 15.2. The average Bonchev–Trinajstić information content (AvgIpc) is 2.36. The van der Waals surface area contributed by atoms with Crippen LogP contribution in [-0.2, 0) is 11.0 Å². The second-order valence-electron chi connectivity index (χ2n) is 3.85. The van der Waals surface area contributed by atoms with E-state index in [0.29, 0.717) is 18.5 Å². The highest BCUT2D eigenvalue weighted by Crippen LogP contribution is 2.30. The van der Waals surface area contributed by atoms with Gasteiger partial charge in [-0.1, -0.05) is 23.6 Å². The maximum Gasteiger partial charge on any atom is 0.416 e. The molecule has 0 aromatic heterocycles. The summed E-state index contributed by atoms with van der Waals surface area (Å²) >= 11 is 1.10. The molecule has 0 fully saturated rings. The van der Waals surface area contributed by atoms with Crippen molar-refractivity contribution >= 4 is 23.2 Å². The minimum atomic E-state index is -4.51. The summed E-state index contributed by atoms with van der Waals surface area (Å²) in [6.45, 7) is 1.43. The summed E-state index contributed by atoms with van der Waals surface area (Å²) in [6.07, 6.45) is -3.77. The third kappa shape index (κ3) is 5.49. The Balaban J connectivity index is 2.87. The molecule has 20 heavy (non-hydrogen) atoms. The van der Waals surface area contributed by atoms with E-state index in [9.17, 15) is 22.8 Å². The molecule has 0 aliphatic rings. The Morgan fingerprint density at radius 1 is 1.35 bits per heavy atom. The van der Waals surface area contributed by atoms with Crippen molar-refractivity contribution in [2.45, 2.75) is 19.5 Å². The van der Waals surface area contributed by atoms with Crippen LogP contribution in [0.25, 0.3) is 0 Å². The molecule has 0 aliphatic heterocycles. The summed E-state index contributed by atoms with van der Waals surface area (Å²) in [5.41, 5.74) is -0.832. The molecule has 0 N–H and O–H groups in total. The van der Waals surface area contributed by atoms with Crippen LogP contribution < -0.4 is 0 Å². The van der Waals surface area contributed by atoms with Gasteiger partial charge in [0.2, 0.25) is 0 Å². The maximum absolute atomic E-state index is 12.6. The Labute approximate surface area is 118 Å². The van der Waals surface area contributed by atoms with Gasteiger partial charge in [0.25, 0.3) is 0 Å². The molecule has 6 heteroatoms. The van der Waals surface area contributed by atoms with Crippen molar-refractivity contribution in [2.75, 3.05) is 5.75 Å². The van der Waals surface area contributed by atoms with Crippen LogP contribution in [0.5, 0.6) is 0 Å². The van der Waals surface area contributed by atoms with Crippen molar-refractivity contribution in [3.8, 4) is 11.8 Å². The standard InChI is InChI=1S/C14H11F3O2S/c1-10(19)20-5-3-2-4-11-6-12(9-18)8-13(7-11)14(15,16)17/h6-9H,3,5H2,1H3. The Morgan fingerprint density at radius 2 is 2.05 bits per heavy atom. The molecule has 0 aliphatic carbocycles. The van der Waals surface area contributed by atoms with Crippen LogP contribution in [-0.4, -0.2) is 17.2 Å². The van der Waals surface area contributed by atoms with Crippen LogP contribution in [0.2, 0.25) is 0 Å². The minimum absolute atomic E-state index is 0.0332. The molecule has 0 bridgehead atoms. The van der Waals surface area contributed by atoms with Crippen LogP contribution in [0.1, 0.15) is 34.8 Å². The summed E-state index contributed by atoms with van der Waals surface area (Å²) < 4.78 is 37.8. The van der Waals surface area contributed by atoms with Crippen LogP contribution in [0.3, 0.4) is 0 Å². The molecule has 0 amide bonds. The summed E-state index contributed by atoms with van der Waals surface area (Å²) in [6, 6.07) is 2.98. The summed E-state index contributed by atoms with van der Waals surface area (Å²) in [5, 5.41) is -0.0332. The molecule has 106 valence electrons. The summed E-state index contributed by atoms with van der Waals surface area (Å²) in [7, 11) is 0. The zero-order valence-electron chi connectivity index (χ0n) is 10.6. The number of benzene rings is 1. The third-order valence-corrected chi connectivity index (χ3v) is 3.00. The van der Waals surface area contributed by atoms with Gasteiger partial charge in [-0.2, -0.15) is 13.2 Å². The zero-order valence-corrected chi connectivity index (χ0v) is 11.4. The number of hydrogen-bond donors (Lipinski definition) is 0. The molecule has 1 aromatic carbocycles. The van der Waals surface area contributed by atoms with Gasteiger partial charge in [-0.05, 0) is 18.2 Å². The van der Waals surface area contributed by atoms with E-state index in [0.717, 1.165) is 23.9 Å². The molecule has 0 atom stereocenters. The number of rotatable bonds is 3. The third-order valence-electron chi connectivity index (χ3n) is 2.18. The first-order chi connectivity index (χ1) is 9.32. The van der Waals surface area contributed by atoms with Gasteiger partial charge < -0.3 is 0 Å². The molecule has 1 rings (SSSR count). The number of carbonyl (C=O) groups is 2. The van der Waals surface area contributed by atoms with Crippen LogP contribution in [0, 0.1) is 11.8 Å². The fourth-order valence-electron chi connectivity index (χ4n) is 1.37. The van der Waals surface area contributed by atoms with E-state index >= 15 is 0 Å². The van der Waals surface area contributed by atoms with Crippen molar-refractivity contribution in [1.82, 2.24) is 0 Å². The van der Waals surface area contributed by atoms with E-state index in [1.54, 1.807) is 0 Å². The smallest absolute Gasteiger partial charge is 0.298 e. The number of thioether (sulfide) groups is 1. The first-order valence-electron chi connectivity index (χ1n) is 5.62. The van der Waals surface area contributed by atoms with Gasteiger partial charge in [-0.25, -0.2) is 0 Å². The van der Waals surface area contributed by atoms with E-state index in [1.165, 1.54) is 13.0 Å². The van der Waals surface area contributed by atoms with E-state index in [-0.39, 0.29) is 16.2 Å². The lowest BCUT2D eigenvalue weighted by Crippen LogP contribution is -2.06. The van der Waals surface area contributed by atoms with E-state index < -0.39 is 11.7 Å². The van der Waals surface area contributed by atoms with Crippen molar-refractivity contribution in [1.29, 1.82) is 0 Å². The highest BCUT2D eigenvalue weighted by Gasteiger charge is 2.31. The number of alkyl halides is 3. The first kappa shape index (κ1) is 16.3. The van der Waals surface area contributed by atoms with Crippen molar-refractivity contribution in [3.63, 3.8) is 0 Å². The predicted molar refractivity (Wildman–Crippen MR) is 71.5 cm³/mol. The topological polar surface area (TPSA) is 34.1 Å². The van der Waals surface area contributed by atoms with Crippen LogP contribution in [0.15, 0.2) is 18.2 Å². The number of aldehydes is 1. The van der Waals surface area contributed by atoms with Gasteiger partial charge in [0.1, 0.15) is 6.29 Å². The largest absolute Gasteiger partial charge is 0.416 e. The van der Waals surface area contributed by atoms with E-state index in [2.05, 4.69) is 11.8 Å². The highest BCUT2D eigenvalue weighted by molar-refractivity contribution is 8.13. The Bertz CT molecular complexity index is 568. The van der Waals surface area contributed by atoms with Crippen molar-refractivity contribution < 1.29 is 22.8 Å². The molecule has 0 saturated carbocycles. The minimum Gasteiger partial charge on any atom is -0.298 e. The first-order valence-corrected chi connectivity index (χ1v) is 6.61. The summed E-state index contributed by atoms with van der Waals surface area (Å²) in [4.78, 5) is 21.3. The Kier molecular flexibility index (Phi) is 5.83. The maximum atomic E-state index is 12.6. The number of halogens is 3. The quantitative estimate of drug-likeness (QED) is 0.486. The van der Waals surface area contributed by atoms with Gasteiger partial charge in [0, 0.05) is 30.2 Å². The van der Waals surface area contributed by atoms with Gasteiger partial charge in [0.15, 0.2) is 5.12 Å². The molecule has 0 unspecified atom stereocenters. The van der Waals surface area contributed by atoms with Crippen molar-refractivity contribution in [3.05, 3.63) is 34.9 Å². The molecule has 1 aromatic rings.